The molecule has 1 aliphatic heterocycles. The molecule has 1 N–H and O–H groups in total. The summed E-state index contributed by atoms with van der Waals surface area (Å²) >= 11 is 0. The largest absolute Gasteiger partial charge is 0.494 e. The van der Waals surface area contributed by atoms with Crippen LogP contribution in [0.15, 0.2) is 24.3 Å². The zero-order valence-corrected chi connectivity index (χ0v) is 13.7. The minimum atomic E-state index is -4.47. The number of hydrogen-bond acceptors (Lipinski definition) is 3. The Hall–Kier alpha value is -1.76. The second-order valence-electron chi connectivity index (χ2n) is 5.90. The highest BCUT2D eigenvalue weighted by Crippen LogP contribution is 2.38. The van der Waals surface area contributed by atoms with Crippen molar-refractivity contribution in [2.75, 3.05) is 13.2 Å². The Morgan fingerprint density at radius 2 is 1.92 bits per heavy atom. The summed E-state index contributed by atoms with van der Waals surface area (Å²) in [5.41, 5.74) is 2.36. The molecule has 1 aromatic rings. The topological polar surface area (TPSA) is 41.6 Å². The fraction of sp³-hybridized carbons (Fsp3) is 0.588. The lowest BCUT2D eigenvalue weighted by Crippen LogP contribution is -2.43. The number of hydrogen-bond donors (Lipinski definition) is 1. The predicted octanol–water partition coefficient (Wildman–Crippen LogP) is 3.99. The van der Waals surface area contributed by atoms with E-state index in [1.165, 1.54) is 12.1 Å². The van der Waals surface area contributed by atoms with Gasteiger partial charge in [-0.1, -0.05) is 38.3 Å². The van der Waals surface area contributed by atoms with Crippen molar-refractivity contribution in [1.82, 2.24) is 10.4 Å². The first-order valence-corrected chi connectivity index (χ1v) is 8.27. The van der Waals surface area contributed by atoms with Crippen LogP contribution in [0.1, 0.15) is 50.6 Å². The fourth-order valence-electron chi connectivity index (χ4n) is 2.70. The number of carbonyl (C=O) groups excluding carboxylic acids is 1. The Kier molecular flexibility index (Phi) is 6.48. The number of rotatable bonds is 8. The van der Waals surface area contributed by atoms with Crippen LogP contribution >= 0.6 is 0 Å². The molecule has 7 heteroatoms. The lowest BCUT2D eigenvalue weighted by atomic mass is 10.1. The minimum Gasteiger partial charge on any atom is -0.494 e. The van der Waals surface area contributed by atoms with Crippen LogP contribution in [0.25, 0.3) is 0 Å². The van der Waals surface area contributed by atoms with E-state index < -0.39 is 18.1 Å². The molecule has 0 saturated carbocycles. The first-order chi connectivity index (χ1) is 11.4. The Bertz CT molecular complexity index is 532. The number of ether oxygens (including phenoxy) is 1. The van der Waals surface area contributed by atoms with Crippen LogP contribution in [0.3, 0.4) is 0 Å². The van der Waals surface area contributed by atoms with Gasteiger partial charge in [-0.25, -0.2) is 5.01 Å². The number of nitrogens with zero attached hydrogens (tertiary/aromatic N) is 1. The molecule has 24 heavy (non-hydrogen) atoms. The van der Waals surface area contributed by atoms with Crippen LogP contribution in [0.4, 0.5) is 13.2 Å². The van der Waals surface area contributed by atoms with Gasteiger partial charge in [0.2, 0.25) is 5.91 Å². The normalized spacial score (nSPS) is 16.9. The van der Waals surface area contributed by atoms with E-state index in [0.717, 1.165) is 30.7 Å². The minimum absolute atomic E-state index is 0.0404. The number of unbranched alkanes of at least 4 members (excludes halogenated alkanes) is 3. The summed E-state index contributed by atoms with van der Waals surface area (Å²) in [4.78, 5) is 11.2. The zero-order valence-electron chi connectivity index (χ0n) is 13.7. The number of hydrazine groups is 1. The van der Waals surface area contributed by atoms with Crippen molar-refractivity contribution >= 4 is 5.91 Å². The van der Waals surface area contributed by atoms with Crippen LogP contribution < -0.4 is 10.2 Å². The molecule has 1 amide bonds. The van der Waals surface area contributed by atoms with Crippen LogP contribution in [0.2, 0.25) is 0 Å². The van der Waals surface area contributed by atoms with Gasteiger partial charge in [-0.05, 0) is 24.1 Å². The molecule has 4 nitrogen and oxygen atoms in total. The van der Waals surface area contributed by atoms with Crippen molar-refractivity contribution < 1.29 is 22.7 Å². The SMILES string of the molecule is CCCCCCOc1ccc(C(N2CCC(=O)N2)C(F)(F)F)cc1. The highest BCUT2D eigenvalue weighted by molar-refractivity contribution is 5.77. The third kappa shape index (κ3) is 5.12. The summed E-state index contributed by atoms with van der Waals surface area (Å²) in [7, 11) is 0. The molecular weight excluding hydrogens is 321 g/mol. The van der Waals surface area contributed by atoms with E-state index in [1.54, 1.807) is 12.1 Å². The van der Waals surface area contributed by atoms with Crippen molar-refractivity contribution in [1.29, 1.82) is 0 Å². The van der Waals surface area contributed by atoms with Gasteiger partial charge in [-0.3, -0.25) is 10.2 Å². The van der Waals surface area contributed by atoms with Gasteiger partial charge in [-0.15, -0.1) is 0 Å². The van der Waals surface area contributed by atoms with Gasteiger partial charge in [0.25, 0.3) is 0 Å². The van der Waals surface area contributed by atoms with Gasteiger partial charge in [-0.2, -0.15) is 13.2 Å². The molecular formula is C17H23F3N2O2. The van der Waals surface area contributed by atoms with Crippen LogP contribution in [0.5, 0.6) is 5.75 Å². The van der Waals surface area contributed by atoms with Crippen molar-refractivity contribution in [3.63, 3.8) is 0 Å². The van der Waals surface area contributed by atoms with Crippen molar-refractivity contribution in [2.24, 2.45) is 0 Å². The van der Waals surface area contributed by atoms with Crippen molar-refractivity contribution in [3.8, 4) is 5.75 Å². The van der Waals surface area contributed by atoms with E-state index in [1.807, 2.05) is 0 Å². The summed E-state index contributed by atoms with van der Waals surface area (Å²) in [5.74, 6) is 0.165. The number of halogens is 3. The molecule has 0 radical (unpaired) electrons. The monoisotopic (exact) mass is 344 g/mol. The maximum Gasteiger partial charge on any atom is 0.409 e. The Morgan fingerprint density at radius 1 is 1.21 bits per heavy atom. The molecule has 134 valence electrons. The molecule has 1 unspecified atom stereocenters. The fourth-order valence-corrected chi connectivity index (χ4v) is 2.70. The summed E-state index contributed by atoms with van der Waals surface area (Å²) in [6.07, 6.45) is -0.0939. The molecule has 2 rings (SSSR count). The number of amides is 1. The van der Waals surface area contributed by atoms with Gasteiger partial charge >= 0.3 is 6.18 Å². The van der Waals surface area contributed by atoms with Crippen LogP contribution in [-0.4, -0.2) is 30.2 Å². The summed E-state index contributed by atoms with van der Waals surface area (Å²) in [6.45, 7) is 2.72. The molecule has 1 heterocycles. The average Bonchev–Trinajstić information content (AvgIpc) is 2.93. The van der Waals surface area contributed by atoms with Gasteiger partial charge < -0.3 is 4.74 Å². The average molecular weight is 344 g/mol. The van der Waals surface area contributed by atoms with E-state index in [-0.39, 0.29) is 18.5 Å². The molecule has 1 atom stereocenters. The highest BCUT2D eigenvalue weighted by atomic mass is 19.4. The highest BCUT2D eigenvalue weighted by Gasteiger charge is 2.46. The maximum atomic E-state index is 13.4. The number of nitrogens with one attached hydrogen (secondary N) is 1. The molecule has 0 spiro atoms. The molecule has 0 aliphatic carbocycles. The standard InChI is InChI=1S/C17H23F3N2O2/c1-2-3-4-5-12-24-14-8-6-13(7-9-14)16(17(18,19)20)22-11-10-15(23)21-22/h6-9,16H,2-5,10-12H2,1H3,(H,21,23). The van der Waals surface area contributed by atoms with E-state index >= 15 is 0 Å². The molecule has 1 aliphatic rings. The number of benzene rings is 1. The molecule has 1 aromatic carbocycles. The van der Waals surface area contributed by atoms with E-state index in [0.29, 0.717) is 12.4 Å². The van der Waals surface area contributed by atoms with Crippen molar-refractivity contribution in [2.45, 2.75) is 51.2 Å². The van der Waals surface area contributed by atoms with E-state index in [4.69, 9.17) is 4.74 Å². The molecule has 1 saturated heterocycles. The second-order valence-corrected chi connectivity index (χ2v) is 5.90. The Balaban J connectivity index is 1.99. The van der Waals surface area contributed by atoms with E-state index in [9.17, 15) is 18.0 Å². The first-order valence-electron chi connectivity index (χ1n) is 8.27. The van der Waals surface area contributed by atoms with Gasteiger partial charge in [0.15, 0.2) is 0 Å². The third-order valence-corrected chi connectivity index (χ3v) is 3.93. The third-order valence-electron chi connectivity index (χ3n) is 3.93. The molecule has 0 aromatic heterocycles. The second kappa shape index (κ2) is 8.37. The lowest BCUT2D eigenvalue weighted by Gasteiger charge is -2.29. The number of alkyl halides is 3. The maximum absolute atomic E-state index is 13.4. The van der Waals surface area contributed by atoms with Crippen LogP contribution in [0, 0.1) is 0 Å². The zero-order chi connectivity index (χ0) is 17.6. The Morgan fingerprint density at radius 3 is 2.46 bits per heavy atom. The lowest BCUT2D eigenvalue weighted by molar-refractivity contribution is -0.191. The number of carbonyl (C=O) groups is 1. The van der Waals surface area contributed by atoms with Crippen molar-refractivity contribution in [3.05, 3.63) is 29.8 Å². The van der Waals surface area contributed by atoms with Gasteiger partial charge in [0, 0.05) is 13.0 Å². The van der Waals surface area contributed by atoms with Gasteiger partial charge in [0.05, 0.1) is 6.61 Å². The summed E-state index contributed by atoms with van der Waals surface area (Å²) in [5, 5.41) is 0.947. The smallest absolute Gasteiger partial charge is 0.409 e. The Labute approximate surface area is 139 Å². The first kappa shape index (κ1) is 18.6. The van der Waals surface area contributed by atoms with Gasteiger partial charge in [0.1, 0.15) is 11.8 Å². The van der Waals surface area contributed by atoms with E-state index in [2.05, 4.69) is 12.3 Å². The predicted molar refractivity (Wildman–Crippen MR) is 84.3 cm³/mol. The molecule has 1 fully saturated rings. The van der Waals surface area contributed by atoms with Crippen LogP contribution in [-0.2, 0) is 4.79 Å². The molecule has 0 bridgehead atoms. The quantitative estimate of drug-likeness (QED) is 0.725. The summed E-state index contributed by atoms with van der Waals surface area (Å²) in [6, 6.07) is 4.06. The summed E-state index contributed by atoms with van der Waals surface area (Å²) < 4.78 is 45.7.